The molecule has 0 amide bonds. The molecule has 0 aliphatic carbocycles. The normalized spacial score (nSPS) is 14.7. The van der Waals surface area contributed by atoms with Crippen LogP contribution in [0.1, 0.15) is 38.7 Å². The van der Waals surface area contributed by atoms with E-state index in [1.165, 1.54) is 5.56 Å². The van der Waals surface area contributed by atoms with E-state index in [2.05, 4.69) is 19.9 Å². The molecular weight excluding hydrogens is 188 g/mol. The first-order valence-corrected chi connectivity index (χ1v) is 5.55. The maximum Gasteiger partial charge on any atom is 0.122 e. The zero-order valence-electron chi connectivity index (χ0n) is 9.73. The Labute approximate surface area is 91.9 Å². The fourth-order valence-electron chi connectivity index (χ4n) is 1.45. The van der Waals surface area contributed by atoms with Crippen LogP contribution in [0.15, 0.2) is 24.3 Å². The molecule has 0 radical (unpaired) electrons. The van der Waals surface area contributed by atoms with E-state index in [9.17, 15) is 5.11 Å². The van der Waals surface area contributed by atoms with E-state index in [-0.39, 0.29) is 0 Å². The van der Waals surface area contributed by atoms with Gasteiger partial charge in [-0.3, -0.25) is 0 Å². The van der Waals surface area contributed by atoms with Crippen molar-refractivity contribution in [3.8, 4) is 5.75 Å². The first-order valence-electron chi connectivity index (χ1n) is 5.55. The van der Waals surface area contributed by atoms with Crippen molar-refractivity contribution in [1.29, 1.82) is 0 Å². The lowest BCUT2D eigenvalue weighted by atomic mass is 9.98. The number of rotatable bonds is 5. The molecule has 2 atom stereocenters. The second-order valence-electron chi connectivity index (χ2n) is 4.01. The highest BCUT2D eigenvalue weighted by Crippen LogP contribution is 2.28. The van der Waals surface area contributed by atoms with Crippen molar-refractivity contribution in [2.45, 2.75) is 39.2 Å². The maximum absolute atomic E-state index is 9.18. The van der Waals surface area contributed by atoms with Crippen LogP contribution < -0.4 is 4.74 Å². The topological polar surface area (TPSA) is 29.5 Å². The minimum atomic E-state index is -0.421. The summed E-state index contributed by atoms with van der Waals surface area (Å²) in [5.74, 6) is 1.39. The van der Waals surface area contributed by atoms with Gasteiger partial charge in [-0.2, -0.15) is 0 Å². The highest BCUT2D eigenvalue weighted by Gasteiger charge is 2.09. The van der Waals surface area contributed by atoms with Gasteiger partial charge in [-0.1, -0.05) is 32.0 Å². The Hall–Kier alpha value is -1.02. The summed E-state index contributed by atoms with van der Waals surface area (Å²) in [6.45, 7) is 6.43. The van der Waals surface area contributed by atoms with Gasteiger partial charge in [0.05, 0.1) is 6.10 Å². The van der Waals surface area contributed by atoms with Gasteiger partial charge in [-0.05, 0) is 30.9 Å². The summed E-state index contributed by atoms with van der Waals surface area (Å²) in [6, 6.07) is 8.04. The van der Waals surface area contributed by atoms with Crippen molar-refractivity contribution in [2.75, 3.05) is 6.61 Å². The Balaban J connectivity index is 2.77. The van der Waals surface area contributed by atoms with Crippen LogP contribution in [0.25, 0.3) is 0 Å². The monoisotopic (exact) mass is 208 g/mol. The largest absolute Gasteiger partial charge is 0.491 e. The Morgan fingerprint density at radius 1 is 1.27 bits per heavy atom. The van der Waals surface area contributed by atoms with Crippen LogP contribution in [0.3, 0.4) is 0 Å². The highest BCUT2D eigenvalue weighted by molar-refractivity contribution is 5.35. The zero-order chi connectivity index (χ0) is 11.3. The average molecular weight is 208 g/mol. The van der Waals surface area contributed by atoms with Crippen molar-refractivity contribution in [3.63, 3.8) is 0 Å². The molecule has 84 valence electrons. The number of para-hydroxylation sites is 1. The standard InChI is InChI=1S/C13H20O2/c1-4-10(2)12-7-5-6-8-13(12)15-9-11(3)14/h5-8,10-11,14H,4,9H2,1-3H3/t10-,11+/m1/s1. The molecule has 0 fully saturated rings. The zero-order valence-corrected chi connectivity index (χ0v) is 9.73. The quantitative estimate of drug-likeness (QED) is 0.806. The van der Waals surface area contributed by atoms with Crippen LogP contribution in [-0.4, -0.2) is 17.8 Å². The third kappa shape index (κ3) is 3.56. The van der Waals surface area contributed by atoms with Gasteiger partial charge in [0.1, 0.15) is 12.4 Å². The van der Waals surface area contributed by atoms with Gasteiger partial charge in [0, 0.05) is 0 Å². The molecule has 15 heavy (non-hydrogen) atoms. The molecule has 0 heterocycles. The van der Waals surface area contributed by atoms with Gasteiger partial charge in [-0.15, -0.1) is 0 Å². The molecule has 0 spiro atoms. The molecule has 0 unspecified atom stereocenters. The Kier molecular flexibility index (Phi) is 4.63. The molecule has 0 saturated heterocycles. The third-order valence-electron chi connectivity index (χ3n) is 2.54. The van der Waals surface area contributed by atoms with Gasteiger partial charge >= 0.3 is 0 Å². The second-order valence-corrected chi connectivity index (χ2v) is 4.01. The molecule has 0 saturated carbocycles. The summed E-state index contributed by atoms with van der Waals surface area (Å²) in [4.78, 5) is 0. The van der Waals surface area contributed by atoms with Crippen LogP contribution in [0.5, 0.6) is 5.75 Å². The first-order chi connectivity index (χ1) is 7.15. The summed E-state index contributed by atoms with van der Waals surface area (Å²) in [5.41, 5.74) is 1.22. The average Bonchev–Trinajstić information content (AvgIpc) is 2.25. The van der Waals surface area contributed by atoms with E-state index in [0.29, 0.717) is 12.5 Å². The molecular formula is C13H20O2. The first kappa shape index (κ1) is 12.1. The van der Waals surface area contributed by atoms with Gasteiger partial charge in [0.2, 0.25) is 0 Å². The summed E-state index contributed by atoms with van der Waals surface area (Å²) in [7, 11) is 0. The number of hydrogen-bond acceptors (Lipinski definition) is 2. The van der Waals surface area contributed by atoms with E-state index in [0.717, 1.165) is 12.2 Å². The predicted molar refractivity (Wildman–Crippen MR) is 62.3 cm³/mol. The number of hydrogen-bond donors (Lipinski definition) is 1. The van der Waals surface area contributed by atoms with Crippen LogP contribution >= 0.6 is 0 Å². The molecule has 2 heteroatoms. The predicted octanol–water partition coefficient (Wildman–Crippen LogP) is 2.96. The number of benzene rings is 1. The van der Waals surface area contributed by atoms with E-state index in [4.69, 9.17) is 4.74 Å². The maximum atomic E-state index is 9.18. The molecule has 1 aromatic rings. The molecule has 2 nitrogen and oxygen atoms in total. The van der Waals surface area contributed by atoms with Crippen molar-refractivity contribution in [3.05, 3.63) is 29.8 Å². The van der Waals surface area contributed by atoms with Gasteiger partial charge < -0.3 is 9.84 Å². The van der Waals surface area contributed by atoms with Crippen LogP contribution in [-0.2, 0) is 0 Å². The van der Waals surface area contributed by atoms with Gasteiger partial charge in [-0.25, -0.2) is 0 Å². The molecule has 0 aliphatic rings. The smallest absolute Gasteiger partial charge is 0.122 e. The highest BCUT2D eigenvalue weighted by atomic mass is 16.5. The van der Waals surface area contributed by atoms with Crippen molar-refractivity contribution in [1.82, 2.24) is 0 Å². The minimum absolute atomic E-state index is 0.355. The third-order valence-corrected chi connectivity index (χ3v) is 2.54. The summed E-state index contributed by atoms with van der Waals surface area (Å²) >= 11 is 0. The lowest BCUT2D eigenvalue weighted by Gasteiger charge is -2.16. The fourth-order valence-corrected chi connectivity index (χ4v) is 1.45. The van der Waals surface area contributed by atoms with E-state index >= 15 is 0 Å². The Bertz CT molecular complexity index is 294. The lowest BCUT2D eigenvalue weighted by molar-refractivity contribution is 0.122. The lowest BCUT2D eigenvalue weighted by Crippen LogP contribution is -2.13. The van der Waals surface area contributed by atoms with E-state index in [1.807, 2.05) is 18.2 Å². The molecule has 1 rings (SSSR count). The second kappa shape index (κ2) is 5.76. The van der Waals surface area contributed by atoms with E-state index in [1.54, 1.807) is 6.92 Å². The van der Waals surface area contributed by atoms with Crippen LogP contribution in [0, 0.1) is 0 Å². The van der Waals surface area contributed by atoms with Crippen LogP contribution in [0.4, 0.5) is 0 Å². The molecule has 1 N–H and O–H groups in total. The number of aliphatic hydroxyl groups is 1. The minimum Gasteiger partial charge on any atom is -0.491 e. The van der Waals surface area contributed by atoms with Crippen molar-refractivity contribution in [2.24, 2.45) is 0 Å². The van der Waals surface area contributed by atoms with E-state index < -0.39 is 6.10 Å². The summed E-state index contributed by atoms with van der Waals surface area (Å²) in [6.07, 6.45) is 0.671. The molecule has 0 aliphatic heterocycles. The fraction of sp³-hybridized carbons (Fsp3) is 0.538. The Morgan fingerprint density at radius 3 is 2.53 bits per heavy atom. The Morgan fingerprint density at radius 2 is 1.93 bits per heavy atom. The molecule has 1 aromatic carbocycles. The SMILES string of the molecule is CC[C@@H](C)c1ccccc1OC[C@H](C)O. The summed E-state index contributed by atoms with van der Waals surface area (Å²) in [5, 5.41) is 9.18. The van der Waals surface area contributed by atoms with Crippen molar-refractivity contribution < 1.29 is 9.84 Å². The summed E-state index contributed by atoms with van der Waals surface area (Å²) < 4.78 is 5.57. The van der Waals surface area contributed by atoms with Crippen molar-refractivity contribution >= 4 is 0 Å². The van der Waals surface area contributed by atoms with Gasteiger partial charge in [0.15, 0.2) is 0 Å². The van der Waals surface area contributed by atoms with Crippen LogP contribution in [0.2, 0.25) is 0 Å². The van der Waals surface area contributed by atoms with Gasteiger partial charge in [0.25, 0.3) is 0 Å². The number of ether oxygens (including phenoxy) is 1. The molecule has 0 bridgehead atoms. The number of aliphatic hydroxyl groups excluding tert-OH is 1. The molecule has 0 aromatic heterocycles.